The Morgan fingerprint density at radius 2 is 2.04 bits per heavy atom. The number of benzene rings is 1. The van der Waals surface area contributed by atoms with E-state index in [1.807, 2.05) is 24.3 Å². The second kappa shape index (κ2) is 8.52. The van der Waals surface area contributed by atoms with Gasteiger partial charge in [0.2, 0.25) is 5.91 Å². The summed E-state index contributed by atoms with van der Waals surface area (Å²) in [5.74, 6) is 0.879. The zero-order valence-corrected chi connectivity index (χ0v) is 15.0. The maximum Gasteiger partial charge on any atom is 0.234 e. The fraction of sp³-hybridized carbons (Fsp3) is 0.588. The number of carbonyl (C=O) groups excluding carboxylic acids is 1. The minimum Gasteiger partial charge on any atom is -0.497 e. The van der Waals surface area contributed by atoms with Gasteiger partial charge in [0.05, 0.1) is 13.7 Å². The van der Waals surface area contributed by atoms with Crippen molar-refractivity contribution >= 4 is 18.3 Å². The normalized spacial score (nSPS) is 20.4. The number of ether oxygens (including phenoxy) is 1. The quantitative estimate of drug-likeness (QED) is 0.857. The van der Waals surface area contributed by atoms with E-state index in [-0.39, 0.29) is 29.8 Å². The number of rotatable bonds is 5. The molecule has 1 aliphatic heterocycles. The molecule has 1 aliphatic rings. The predicted octanol–water partition coefficient (Wildman–Crippen LogP) is 1.79. The number of piperidine rings is 1. The average Bonchev–Trinajstić information content (AvgIpc) is 2.49. The summed E-state index contributed by atoms with van der Waals surface area (Å²) in [6.07, 6.45) is 0.943. The van der Waals surface area contributed by atoms with Gasteiger partial charge in [-0.15, -0.1) is 12.4 Å². The van der Waals surface area contributed by atoms with Crippen LogP contribution in [-0.4, -0.2) is 43.6 Å². The van der Waals surface area contributed by atoms with Gasteiger partial charge in [-0.3, -0.25) is 9.69 Å². The second-order valence-corrected chi connectivity index (χ2v) is 6.72. The van der Waals surface area contributed by atoms with Gasteiger partial charge >= 0.3 is 0 Å². The molecule has 1 fully saturated rings. The molecule has 1 unspecified atom stereocenters. The highest BCUT2D eigenvalue weighted by Gasteiger charge is 2.33. The molecule has 0 aliphatic carbocycles. The first-order valence-corrected chi connectivity index (χ1v) is 7.78. The smallest absolute Gasteiger partial charge is 0.234 e. The van der Waals surface area contributed by atoms with Crippen LogP contribution >= 0.6 is 12.4 Å². The molecule has 130 valence electrons. The van der Waals surface area contributed by atoms with E-state index in [1.165, 1.54) is 0 Å². The molecule has 23 heavy (non-hydrogen) atoms. The first kappa shape index (κ1) is 19.7. The molecule has 2 rings (SSSR count). The lowest BCUT2D eigenvalue weighted by Crippen LogP contribution is -2.54. The van der Waals surface area contributed by atoms with Gasteiger partial charge in [-0.05, 0) is 29.5 Å². The SMILES string of the molecule is COc1ccc(CNC(=O)CN2CCC(N)C(C)(C)C2)cc1.Cl. The third kappa shape index (κ3) is 5.68. The molecule has 5 nitrogen and oxygen atoms in total. The van der Waals surface area contributed by atoms with Crippen molar-refractivity contribution in [2.24, 2.45) is 11.1 Å². The summed E-state index contributed by atoms with van der Waals surface area (Å²) >= 11 is 0. The third-order valence-electron chi connectivity index (χ3n) is 4.41. The first-order valence-electron chi connectivity index (χ1n) is 7.78. The molecule has 6 heteroatoms. The second-order valence-electron chi connectivity index (χ2n) is 6.72. The molecule has 1 aromatic rings. The van der Waals surface area contributed by atoms with Crippen LogP contribution in [0.15, 0.2) is 24.3 Å². The monoisotopic (exact) mass is 341 g/mol. The molecular weight excluding hydrogens is 314 g/mol. The highest BCUT2D eigenvalue weighted by atomic mass is 35.5. The van der Waals surface area contributed by atoms with Crippen molar-refractivity contribution < 1.29 is 9.53 Å². The molecule has 1 heterocycles. The van der Waals surface area contributed by atoms with Crippen molar-refractivity contribution in [2.75, 3.05) is 26.7 Å². The minimum atomic E-state index is 0. The molecule has 0 bridgehead atoms. The number of nitrogens with zero attached hydrogens (tertiary/aromatic N) is 1. The van der Waals surface area contributed by atoms with Gasteiger partial charge in [0.15, 0.2) is 0 Å². The van der Waals surface area contributed by atoms with Crippen molar-refractivity contribution in [2.45, 2.75) is 32.9 Å². The maximum atomic E-state index is 12.1. The summed E-state index contributed by atoms with van der Waals surface area (Å²) < 4.78 is 5.12. The highest BCUT2D eigenvalue weighted by Crippen LogP contribution is 2.27. The molecule has 0 radical (unpaired) electrons. The van der Waals surface area contributed by atoms with E-state index < -0.39 is 0 Å². The van der Waals surface area contributed by atoms with E-state index in [0.29, 0.717) is 13.1 Å². The van der Waals surface area contributed by atoms with E-state index in [2.05, 4.69) is 24.1 Å². The van der Waals surface area contributed by atoms with Gasteiger partial charge in [-0.1, -0.05) is 26.0 Å². The standard InChI is InChI=1S/C17H27N3O2.ClH/c1-17(2)12-20(9-8-15(17)18)11-16(21)19-10-13-4-6-14(22-3)7-5-13;/h4-7,15H,8-12,18H2,1-3H3,(H,19,21);1H. The Balaban J connectivity index is 0.00000264. The van der Waals surface area contributed by atoms with Gasteiger partial charge in [0, 0.05) is 25.7 Å². The topological polar surface area (TPSA) is 67.6 Å². The molecule has 1 amide bonds. The lowest BCUT2D eigenvalue weighted by Gasteiger charge is -2.42. The van der Waals surface area contributed by atoms with Crippen LogP contribution in [-0.2, 0) is 11.3 Å². The van der Waals surface area contributed by atoms with Crippen molar-refractivity contribution in [1.82, 2.24) is 10.2 Å². The average molecular weight is 342 g/mol. The molecule has 0 saturated carbocycles. The van der Waals surface area contributed by atoms with Gasteiger partial charge in [0.25, 0.3) is 0 Å². The Morgan fingerprint density at radius 3 is 2.61 bits per heavy atom. The number of halogens is 1. The van der Waals surface area contributed by atoms with E-state index in [9.17, 15) is 4.79 Å². The third-order valence-corrected chi connectivity index (χ3v) is 4.41. The van der Waals surface area contributed by atoms with Crippen molar-refractivity contribution in [3.8, 4) is 5.75 Å². The molecule has 0 aromatic heterocycles. The first-order chi connectivity index (χ1) is 10.4. The zero-order chi connectivity index (χ0) is 16.2. The summed E-state index contributed by atoms with van der Waals surface area (Å²) in [5, 5.41) is 2.97. The van der Waals surface area contributed by atoms with Crippen LogP contribution in [0.1, 0.15) is 25.8 Å². The Hall–Kier alpha value is -1.30. The summed E-state index contributed by atoms with van der Waals surface area (Å²) in [4.78, 5) is 14.3. The van der Waals surface area contributed by atoms with Crippen molar-refractivity contribution in [3.05, 3.63) is 29.8 Å². The Kier molecular flexibility index (Phi) is 7.32. The van der Waals surface area contributed by atoms with Crippen LogP contribution < -0.4 is 15.8 Å². The lowest BCUT2D eigenvalue weighted by atomic mass is 9.80. The van der Waals surface area contributed by atoms with Crippen molar-refractivity contribution in [3.63, 3.8) is 0 Å². The van der Waals surface area contributed by atoms with Gasteiger partial charge in [-0.25, -0.2) is 0 Å². The van der Waals surface area contributed by atoms with Gasteiger partial charge in [0.1, 0.15) is 5.75 Å². The number of nitrogens with one attached hydrogen (secondary N) is 1. The van der Waals surface area contributed by atoms with E-state index in [0.717, 1.165) is 30.8 Å². The number of nitrogens with two attached hydrogens (primary N) is 1. The Bertz CT molecular complexity index is 505. The Morgan fingerprint density at radius 1 is 1.39 bits per heavy atom. The Labute approximate surface area is 145 Å². The molecule has 1 saturated heterocycles. The largest absolute Gasteiger partial charge is 0.497 e. The van der Waals surface area contributed by atoms with Crippen LogP contribution in [0.3, 0.4) is 0 Å². The lowest BCUT2D eigenvalue weighted by molar-refractivity contribution is -0.123. The summed E-state index contributed by atoms with van der Waals surface area (Å²) in [7, 11) is 1.64. The summed E-state index contributed by atoms with van der Waals surface area (Å²) in [6, 6.07) is 7.93. The summed E-state index contributed by atoms with van der Waals surface area (Å²) in [6.45, 7) is 7.06. The van der Waals surface area contributed by atoms with Crippen LogP contribution in [0.4, 0.5) is 0 Å². The van der Waals surface area contributed by atoms with Crippen LogP contribution in [0.2, 0.25) is 0 Å². The molecule has 0 spiro atoms. The molecule has 3 N–H and O–H groups in total. The van der Waals surface area contributed by atoms with Gasteiger partial charge < -0.3 is 15.8 Å². The number of hydrogen-bond acceptors (Lipinski definition) is 4. The fourth-order valence-corrected chi connectivity index (χ4v) is 2.82. The predicted molar refractivity (Wildman–Crippen MR) is 94.9 cm³/mol. The number of likely N-dealkylation sites (tertiary alicyclic amines) is 1. The van der Waals surface area contributed by atoms with Gasteiger partial charge in [-0.2, -0.15) is 0 Å². The van der Waals surface area contributed by atoms with Crippen LogP contribution in [0.25, 0.3) is 0 Å². The maximum absolute atomic E-state index is 12.1. The minimum absolute atomic E-state index is 0. The number of carbonyl (C=O) groups is 1. The van der Waals surface area contributed by atoms with E-state index >= 15 is 0 Å². The van der Waals surface area contributed by atoms with Crippen LogP contribution in [0.5, 0.6) is 5.75 Å². The highest BCUT2D eigenvalue weighted by molar-refractivity contribution is 5.85. The van der Waals surface area contributed by atoms with E-state index in [4.69, 9.17) is 10.5 Å². The number of amides is 1. The van der Waals surface area contributed by atoms with Crippen LogP contribution in [0, 0.1) is 5.41 Å². The van der Waals surface area contributed by atoms with E-state index in [1.54, 1.807) is 7.11 Å². The molecular formula is C17H28ClN3O2. The van der Waals surface area contributed by atoms with Crippen molar-refractivity contribution in [1.29, 1.82) is 0 Å². The number of methoxy groups -OCH3 is 1. The molecule has 1 aromatic carbocycles. The fourth-order valence-electron chi connectivity index (χ4n) is 2.82. The molecule has 1 atom stereocenters. The zero-order valence-electron chi connectivity index (χ0n) is 14.2. The number of hydrogen-bond donors (Lipinski definition) is 2. The summed E-state index contributed by atoms with van der Waals surface area (Å²) in [5.41, 5.74) is 7.26.